The molecule has 1 aromatic rings. The summed E-state index contributed by atoms with van der Waals surface area (Å²) in [5.74, 6) is 0.0150. The van der Waals surface area contributed by atoms with Crippen LogP contribution in [0, 0.1) is 22.7 Å². The maximum absolute atomic E-state index is 12.6. The predicted molar refractivity (Wildman–Crippen MR) is 90.3 cm³/mol. The van der Waals surface area contributed by atoms with Crippen LogP contribution in [0.15, 0.2) is 18.2 Å². The van der Waals surface area contributed by atoms with Gasteiger partial charge in [0.15, 0.2) is 0 Å². The summed E-state index contributed by atoms with van der Waals surface area (Å²) in [4.78, 5) is 14.3. The largest absolute Gasteiger partial charge is 0.381 e. The second kappa shape index (κ2) is 7.09. The van der Waals surface area contributed by atoms with Crippen molar-refractivity contribution in [2.45, 2.75) is 37.4 Å². The summed E-state index contributed by atoms with van der Waals surface area (Å²) in [6.45, 7) is 1.33. The van der Waals surface area contributed by atoms with Gasteiger partial charge in [0.25, 0.3) is 0 Å². The number of nitrogens with one attached hydrogen (secondary N) is 2. The molecule has 0 aliphatic carbocycles. The molecule has 7 heteroatoms. The van der Waals surface area contributed by atoms with Crippen LogP contribution in [0.3, 0.4) is 0 Å². The van der Waals surface area contributed by atoms with Crippen molar-refractivity contribution in [1.82, 2.24) is 10.2 Å². The zero-order chi connectivity index (χ0) is 17.1. The van der Waals surface area contributed by atoms with Crippen LogP contribution in [-0.4, -0.2) is 42.0 Å². The number of hydrogen-bond donors (Lipinski definition) is 2. The Bertz CT molecular complexity index is 723. The summed E-state index contributed by atoms with van der Waals surface area (Å²) in [5.41, 5.74) is 1.27. The monoisotopic (exact) mass is 343 g/mol. The zero-order valence-electron chi connectivity index (χ0n) is 13.1. The molecule has 0 spiro atoms. The number of anilines is 1. The van der Waals surface area contributed by atoms with E-state index in [9.17, 15) is 4.79 Å². The Morgan fingerprint density at radius 1 is 1.42 bits per heavy atom. The highest BCUT2D eigenvalue weighted by atomic mass is 35.5. The van der Waals surface area contributed by atoms with Crippen molar-refractivity contribution in [3.05, 3.63) is 28.8 Å². The minimum absolute atomic E-state index is 0.0150. The molecule has 1 aromatic carbocycles. The number of amides is 1. The molecule has 1 amide bonds. The number of halogens is 1. The van der Waals surface area contributed by atoms with E-state index in [-0.39, 0.29) is 24.0 Å². The quantitative estimate of drug-likeness (QED) is 0.874. The van der Waals surface area contributed by atoms with Gasteiger partial charge in [-0.2, -0.15) is 10.5 Å². The number of hydrogen-bond acceptors (Lipinski definition) is 5. The molecule has 0 aromatic heterocycles. The minimum atomic E-state index is -0.288. The van der Waals surface area contributed by atoms with E-state index in [1.54, 1.807) is 17.0 Å². The van der Waals surface area contributed by atoms with Crippen LogP contribution in [0.2, 0.25) is 5.02 Å². The van der Waals surface area contributed by atoms with E-state index in [0.29, 0.717) is 30.1 Å². The van der Waals surface area contributed by atoms with Gasteiger partial charge in [0.2, 0.25) is 5.91 Å². The van der Waals surface area contributed by atoms with Crippen molar-refractivity contribution in [3.63, 3.8) is 0 Å². The van der Waals surface area contributed by atoms with Crippen molar-refractivity contribution >= 4 is 23.2 Å². The molecule has 3 atom stereocenters. The first-order chi connectivity index (χ1) is 11.6. The Labute approximate surface area is 146 Å². The molecule has 3 rings (SSSR count). The van der Waals surface area contributed by atoms with E-state index in [1.807, 2.05) is 12.1 Å². The molecule has 24 heavy (non-hydrogen) atoms. The van der Waals surface area contributed by atoms with Gasteiger partial charge in [-0.15, -0.1) is 0 Å². The van der Waals surface area contributed by atoms with Crippen LogP contribution in [0.5, 0.6) is 0 Å². The molecule has 0 bridgehead atoms. The van der Waals surface area contributed by atoms with Gasteiger partial charge in [-0.1, -0.05) is 11.6 Å². The van der Waals surface area contributed by atoms with E-state index in [0.717, 1.165) is 18.5 Å². The van der Waals surface area contributed by atoms with Gasteiger partial charge in [0.05, 0.1) is 22.7 Å². The van der Waals surface area contributed by atoms with Gasteiger partial charge in [-0.3, -0.25) is 4.79 Å². The van der Waals surface area contributed by atoms with Crippen LogP contribution in [0.1, 0.15) is 24.8 Å². The van der Waals surface area contributed by atoms with Crippen LogP contribution < -0.4 is 10.6 Å². The van der Waals surface area contributed by atoms with Gasteiger partial charge in [0.1, 0.15) is 12.1 Å². The third-order valence-corrected chi connectivity index (χ3v) is 4.89. The standard InChI is InChI=1S/C17H18ClN5O/c18-15-6-12(4-3-11(15)8-19)22-13-7-16(21-10-13)17(24)23-5-1-2-14(23)9-20/h3-4,6,13-14,16,21-22H,1-2,5,7,10H2/t13-,14?,16-/m0/s1. The second-order valence-corrected chi connectivity index (χ2v) is 6.57. The average molecular weight is 344 g/mol. The second-order valence-electron chi connectivity index (χ2n) is 6.16. The highest BCUT2D eigenvalue weighted by Gasteiger charge is 2.36. The molecule has 2 aliphatic rings. The Hall–Kier alpha value is -2.28. The number of likely N-dealkylation sites (tertiary alicyclic amines) is 1. The normalized spacial score (nSPS) is 26.0. The van der Waals surface area contributed by atoms with Crippen molar-refractivity contribution in [3.8, 4) is 12.1 Å². The molecular formula is C17H18ClN5O. The van der Waals surface area contributed by atoms with Crippen LogP contribution in [0.25, 0.3) is 0 Å². The minimum Gasteiger partial charge on any atom is -0.381 e. The van der Waals surface area contributed by atoms with Crippen molar-refractivity contribution in [1.29, 1.82) is 10.5 Å². The zero-order valence-corrected chi connectivity index (χ0v) is 13.9. The first kappa shape index (κ1) is 16.6. The van der Waals surface area contributed by atoms with E-state index in [2.05, 4.69) is 16.7 Å². The molecule has 124 valence electrons. The molecule has 2 saturated heterocycles. The molecule has 0 saturated carbocycles. The Morgan fingerprint density at radius 2 is 2.25 bits per heavy atom. The number of carbonyl (C=O) groups excluding carboxylic acids is 1. The lowest BCUT2D eigenvalue weighted by atomic mass is 10.1. The maximum atomic E-state index is 12.6. The fourth-order valence-electron chi connectivity index (χ4n) is 3.33. The van der Waals surface area contributed by atoms with Gasteiger partial charge in [-0.05, 0) is 37.5 Å². The highest BCUT2D eigenvalue weighted by molar-refractivity contribution is 6.32. The molecule has 2 heterocycles. The van der Waals surface area contributed by atoms with E-state index in [4.69, 9.17) is 22.1 Å². The first-order valence-electron chi connectivity index (χ1n) is 8.02. The molecule has 2 N–H and O–H groups in total. The van der Waals surface area contributed by atoms with Crippen molar-refractivity contribution in [2.75, 3.05) is 18.4 Å². The molecule has 6 nitrogen and oxygen atoms in total. The number of carbonyl (C=O) groups is 1. The van der Waals surface area contributed by atoms with E-state index >= 15 is 0 Å². The van der Waals surface area contributed by atoms with E-state index in [1.165, 1.54) is 0 Å². The fraction of sp³-hybridized carbons (Fsp3) is 0.471. The van der Waals surface area contributed by atoms with Gasteiger partial charge in [0, 0.05) is 24.8 Å². The van der Waals surface area contributed by atoms with Crippen LogP contribution >= 0.6 is 11.6 Å². The van der Waals surface area contributed by atoms with Crippen molar-refractivity contribution in [2.24, 2.45) is 0 Å². The Balaban J connectivity index is 1.60. The highest BCUT2D eigenvalue weighted by Crippen LogP contribution is 2.24. The fourth-order valence-corrected chi connectivity index (χ4v) is 3.55. The van der Waals surface area contributed by atoms with Crippen LogP contribution in [0.4, 0.5) is 5.69 Å². The number of rotatable bonds is 3. The maximum Gasteiger partial charge on any atom is 0.240 e. The van der Waals surface area contributed by atoms with Crippen molar-refractivity contribution < 1.29 is 4.79 Å². The van der Waals surface area contributed by atoms with E-state index < -0.39 is 0 Å². The summed E-state index contributed by atoms with van der Waals surface area (Å²) >= 11 is 6.04. The lowest BCUT2D eigenvalue weighted by Crippen LogP contribution is -2.45. The molecule has 1 unspecified atom stereocenters. The number of nitrogens with zero attached hydrogens (tertiary/aromatic N) is 3. The lowest BCUT2D eigenvalue weighted by Gasteiger charge is -2.23. The summed E-state index contributed by atoms with van der Waals surface area (Å²) in [7, 11) is 0. The summed E-state index contributed by atoms with van der Waals surface area (Å²) in [5, 5.41) is 25.0. The Morgan fingerprint density at radius 3 is 2.96 bits per heavy atom. The molecular weight excluding hydrogens is 326 g/mol. The van der Waals surface area contributed by atoms with Gasteiger partial charge < -0.3 is 15.5 Å². The molecule has 2 fully saturated rings. The molecule has 2 aliphatic heterocycles. The number of benzene rings is 1. The summed E-state index contributed by atoms with van der Waals surface area (Å²) in [6, 6.07) is 9.01. The smallest absolute Gasteiger partial charge is 0.240 e. The Kier molecular flexibility index (Phi) is 4.89. The van der Waals surface area contributed by atoms with Crippen LogP contribution in [-0.2, 0) is 4.79 Å². The SMILES string of the molecule is N#Cc1ccc(N[C@@H]2CN[C@H](C(=O)N3CCCC3C#N)C2)cc1Cl. The summed E-state index contributed by atoms with van der Waals surface area (Å²) < 4.78 is 0. The number of nitriles is 2. The first-order valence-corrected chi connectivity index (χ1v) is 8.40. The van der Waals surface area contributed by atoms with Gasteiger partial charge >= 0.3 is 0 Å². The summed E-state index contributed by atoms with van der Waals surface area (Å²) in [6.07, 6.45) is 2.31. The third kappa shape index (κ3) is 3.31. The van der Waals surface area contributed by atoms with Gasteiger partial charge in [-0.25, -0.2) is 0 Å². The average Bonchev–Trinajstić information content (AvgIpc) is 3.23. The lowest BCUT2D eigenvalue weighted by molar-refractivity contribution is -0.133. The third-order valence-electron chi connectivity index (χ3n) is 4.57. The molecule has 0 radical (unpaired) electrons. The predicted octanol–water partition coefficient (Wildman–Crippen LogP) is 1.87. The topological polar surface area (TPSA) is 91.9 Å².